The molecule has 4 amide bonds. The van der Waals surface area contributed by atoms with Crippen molar-refractivity contribution in [3.05, 3.63) is 89.2 Å². The molecule has 31 heavy (non-hydrogen) atoms. The van der Waals surface area contributed by atoms with Gasteiger partial charge in [0.2, 0.25) is 0 Å². The van der Waals surface area contributed by atoms with E-state index in [4.69, 9.17) is 5.11 Å². The largest absolute Gasteiger partial charge is 0.392 e. The summed E-state index contributed by atoms with van der Waals surface area (Å²) < 4.78 is 0. The first-order valence-electron chi connectivity index (χ1n) is 9.44. The van der Waals surface area contributed by atoms with Crippen LogP contribution < -0.4 is 16.0 Å². The van der Waals surface area contributed by atoms with Crippen molar-refractivity contribution in [1.82, 2.24) is 10.3 Å². The van der Waals surface area contributed by atoms with Crippen LogP contribution in [-0.4, -0.2) is 27.9 Å². The lowest BCUT2D eigenvalue weighted by molar-refractivity contribution is -0.110. The first-order chi connectivity index (χ1) is 15.0. The van der Waals surface area contributed by atoms with Crippen molar-refractivity contribution in [3.8, 4) is 0 Å². The number of anilines is 2. The summed E-state index contributed by atoms with van der Waals surface area (Å²) in [7, 11) is 0. The standard InChI is InChI=1S/C23H18N4O4/c28-13-14-4-6-15(7-5-14)21(29)27-23(31)25-17-8-9-18-19(22(30)26-20(18)12-17)11-16-3-1-2-10-24-16/h1-12,28H,13H2,(H,26,30)(H2,25,27,29,31). The summed E-state index contributed by atoms with van der Waals surface area (Å²) in [5.41, 5.74) is 3.76. The van der Waals surface area contributed by atoms with Gasteiger partial charge in [0.25, 0.3) is 11.8 Å². The molecule has 0 radical (unpaired) electrons. The summed E-state index contributed by atoms with van der Waals surface area (Å²) in [6.07, 6.45) is 3.34. The molecule has 154 valence electrons. The summed E-state index contributed by atoms with van der Waals surface area (Å²) in [6, 6.07) is 16.0. The minimum atomic E-state index is -0.704. The van der Waals surface area contributed by atoms with Gasteiger partial charge in [-0.25, -0.2) is 4.79 Å². The van der Waals surface area contributed by atoms with Gasteiger partial charge in [0.05, 0.1) is 23.6 Å². The number of nitrogens with one attached hydrogen (secondary N) is 3. The molecule has 0 saturated heterocycles. The zero-order valence-electron chi connectivity index (χ0n) is 16.3. The molecule has 0 fully saturated rings. The van der Waals surface area contributed by atoms with Gasteiger partial charge < -0.3 is 15.7 Å². The van der Waals surface area contributed by atoms with Crippen molar-refractivity contribution in [3.63, 3.8) is 0 Å². The van der Waals surface area contributed by atoms with E-state index in [1.165, 1.54) is 12.1 Å². The summed E-state index contributed by atoms with van der Waals surface area (Å²) >= 11 is 0. The third-order valence-electron chi connectivity index (χ3n) is 4.67. The van der Waals surface area contributed by atoms with E-state index in [9.17, 15) is 14.4 Å². The number of benzene rings is 2. The summed E-state index contributed by atoms with van der Waals surface area (Å²) in [5.74, 6) is -0.833. The number of urea groups is 1. The van der Waals surface area contributed by atoms with Crippen molar-refractivity contribution in [2.75, 3.05) is 10.6 Å². The number of carbonyl (C=O) groups excluding carboxylic acids is 3. The number of nitrogens with zero attached hydrogens (tertiary/aromatic N) is 1. The van der Waals surface area contributed by atoms with Crippen molar-refractivity contribution in [2.45, 2.75) is 6.61 Å². The van der Waals surface area contributed by atoms with Gasteiger partial charge >= 0.3 is 6.03 Å². The number of aliphatic hydroxyl groups is 1. The molecule has 4 N–H and O–H groups in total. The fourth-order valence-electron chi connectivity index (χ4n) is 3.12. The minimum Gasteiger partial charge on any atom is -0.392 e. The van der Waals surface area contributed by atoms with Crippen LogP contribution in [0.25, 0.3) is 11.6 Å². The smallest absolute Gasteiger partial charge is 0.326 e. The highest BCUT2D eigenvalue weighted by atomic mass is 16.3. The Kier molecular flexibility index (Phi) is 5.55. The predicted octanol–water partition coefficient (Wildman–Crippen LogP) is 3.03. The zero-order valence-corrected chi connectivity index (χ0v) is 16.3. The molecule has 0 saturated carbocycles. The second-order valence-corrected chi connectivity index (χ2v) is 6.79. The Morgan fingerprint density at radius 2 is 1.87 bits per heavy atom. The maximum absolute atomic E-state index is 12.3. The van der Waals surface area contributed by atoms with Gasteiger partial charge in [0.1, 0.15) is 0 Å². The molecule has 1 aliphatic heterocycles. The molecule has 1 aromatic heterocycles. The molecular weight excluding hydrogens is 396 g/mol. The third-order valence-corrected chi connectivity index (χ3v) is 4.67. The third kappa shape index (κ3) is 4.49. The Labute approximate surface area is 177 Å². The molecular formula is C23H18N4O4. The van der Waals surface area contributed by atoms with Gasteiger partial charge in [-0.2, -0.15) is 0 Å². The normalized spacial score (nSPS) is 13.5. The number of hydrogen-bond acceptors (Lipinski definition) is 5. The van der Waals surface area contributed by atoms with E-state index >= 15 is 0 Å². The van der Waals surface area contributed by atoms with Crippen LogP contribution in [0.5, 0.6) is 0 Å². The van der Waals surface area contributed by atoms with E-state index < -0.39 is 11.9 Å². The van der Waals surface area contributed by atoms with Crippen LogP contribution in [0.3, 0.4) is 0 Å². The lowest BCUT2D eigenvalue weighted by atomic mass is 10.1. The fourth-order valence-corrected chi connectivity index (χ4v) is 3.12. The topological polar surface area (TPSA) is 120 Å². The number of hydrogen-bond donors (Lipinski definition) is 4. The molecule has 0 unspecified atom stereocenters. The van der Waals surface area contributed by atoms with Crippen LogP contribution >= 0.6 is 0 Å². The lowest BCUT2D eigenvalue weighted by Crippen LogP contribution is -2.34. The number of rotatable bonds is 4. The maximum Gasteiger partial charge on any atom is 0.326 e. The van der Waals surface area contributed by atoms with Gasteiger partial charge in [-0.3, -0.25) is 19.9 Å². The van der Waals surface area contributed by atoms with E-state index in [1.807, 2.05) is 6.07 Å². The summed E-state index contributed by atoms with van der Waals surface area (Å²) in [6.45, 7) is -0.129. The van der Waals surface area contributed by atoms with E-state index in [2.05, 4.69) is 20.9 Å². The molecule has 0 aliphatic carbocycles. The van der Waals surface area contributed by atoms with Crippen LogP contribution in [0.4, 0.5) is 16.2 Å². The highest BCUT2D eigenvalue weighted by molar-refractivity contribution is 6.35. The second-order valence-electron chi connectivity index (χ2n) is 6.79. The Balaban J connectivity index is 1.45. The van der Waals surface area contributed by atoms with Gasteiger partial charge in [-0.05, 0) is 48.0 Å². The SMILES string of the molecule is O=C(NC(=O)c1ccc(CO)cc1)Nc1ccc2c(c1)NC(=O)C2=Cc1ccccn1. The number of pyridine rings is 1. The highest BCUT2D eigenvalue weighted by Crippen LogP contribution is 2.34. The Morgan fingerprint density at radius 1 is 1.06 bits per heavy atom. The summed E-state index contributed by atoms with van der Waals surface area (Å²) in [4.78, 5) is 40.9. The first kappa shape index (κ1) is 20.0. The number of imide groups is 1. The van der Waals surface area contributed by atoms with Gasteiger partial charge in [-0.1, -0.05) is 24.3 Å². The van der Waals surface area contributed by atoms with Gasteiger partial charge in [-0.15, -0.1) is 0 Å². The van der Waals surface area contributed by atoms with Crippen molar-refractivity contribution in [1.29, 1.82) is 0 Å². The molecule has 2 aromatic carbocycles. The number of carbonyl (C=O) groups is 3. The number of aromatic nitrogens is 1. The van der Waals surface area contributed by atoms with Crippen LogP contribution in [-0.2, 0) is 11.4 Å². The molecule has 8 heteroatoms. The Hall–Kier alpha value is -4.30. The molecule has 0 atom stereocenters. The quantitative estimate of drug-likeness (QED) is 0.489. The average molecular weight is 414 g/mol. The van der Waals surface area contributed by atoms with E-state index in [0.29, 0.717) is 33.8 Å². The van der Waals surface area contributed by atoms with Crippen molar-refractivity contribution in [2.24, 2.45) is 0 Å². The molecule has 0 bridgehead atoms. The van der Waals surface area contributed by atoms with Crippen LogP contribution in [0.1, 0.15) is 27.2 Å². The number of aliphatic hydroxyl groups excluding tert-OH is 1. The average Bonchev–Trinajstić information content (AvgIpc) is 3.08. The van der Waals surface area contributed by atoms with Crippen LogP contribution in [0, 0.1) is 0 Å². The molecule has 0 spiro atoms. The van der Waals surface area contributed by atoms with Gasteiger partial charge in [0, 0.05) is 23.0 Å². The lowest BCUT2D eigenvalue weighted by Gasteiger charge is -2.08. The highest BCUT2D eigenvalue weighted by Gasteiger charge is 2.24. The molecule has 4 rings (SSSR count). The molecule has 3 aromatic rings. The number of amides is 4. The minimum absolute atomic E-state index is 0.129. The predicted molar refractivity (Wildman–Crippen MR) is 116 cm³/mol. The Morgan fingerprint density at radius 3 is 2.58 bits per heavy atom. The van der Waals surface area contributed by atoms with Crippen LogP contribution in [0.15, 0.2) is 66.9 Å². The molecule has 1 aliphatic rings. The second kappa shape index (κ2) is 8.60. The molecule has 8 nitrogen and oxygen atoms in total. The van der Waals surface area contributed by atoms with E-state index in [1.54, 1.807) is 54.7 Å². The monoisotopic (exact) mass is 414 g/mol. The first-order valence-corrected chi connectivity index (χ1v) is 9.44. The Bertz CT molecular complexity index is 1190. The van der Waals surface area contributed by atoms with Crippen molar-refractivity contribution < 1.29 is 19.5 Å². The van der Waals surface area contributed by atoms with E-state index in [-0.39, 0.29) is 18.1 Å². The zero-order chi connectivity index (χ0) is 21.8. The summed E-state index contributed by atoms with van der Waals surface area (Å²) in [5, 5.41) is 16.6. The fraction of sp³-hybridized carbons (Fsp3) is 0.0435. The molecule has 2 heterocycles. The maximum atomic E-state index is 12.3. The van der Waals surface area contributed by atoms with Crippen molar-refractivity contribution >= 4 is 40.9 Å². The van der Waals surface area contributed by atoms with Crippen LogP contribution in [0.2, 0.25) is 0 Å². The van der Waals surface area contributed by atoms with E-state index in [0.717, 1.165) is 0 Å². The number of fused-ring (bicyclic) bond motifs is 1. The van der Waals surface area contributed by atoms with Gasteiger partial charge in [0.15, 0.2) is 0 Å².